The van der Waals surface area contributed by atoms with Gasteiger partial charge in [0.05, 0.1) is 19.3 Å². The quantitative estimate of drug-likeness (QED) is 0.434. The van der Waals surface area contributed by atoms with E-state index in [0.29, 0.717) is 29.2 Å². The number of ether oxygens (including phenoxy) is 1. The van der Waals surface area contributed by atoms with Crippen molar-refractivity contribution in [2.45, 2.75) is 83.7 Å². The molecule has 0 radical (unpaired) electrons. The maximum absolute atomic E-state index is 11.9. The Morgan fingerprint density at radius 3 is 2.64 bits per heavy atom. The zero-order chi connectivity index (χ0) is 23.4. The van der Waals surface area contributed by atoms with E-state index in [1.165, 1.54) is 44.9 Å². The van der Waals surface area contributed by atoms with E-state index in [1.807, 2.05) is 6.07 Å². The minimum atomic E-state index is -0.769. The summed E-state index contributed by atoms with van der Waals surface area (Å²) in [6, 6.07) is 3.57. The highest BCUT2D eigenvalue weighted by Crippen LogP contribution is 2.68. The average Bonchev–Trinajstić information content (AvgIpc) is 3.06. The second-order valence-corrected chi connectivity index (χ2v) is 12.9. The first-order valence-electron chi connectivity index (χ1n) is 13.0. The van der Waals surface area contributed by atoms with Crippen molar-refractivity contribution in [2.75, 3.05) is 13.7 Å². The van der Waals surface area contributed by atoms with Crippen LogP contribution in [0.3, 0.4) is 0 Å². The topological polar surface area (TPSA) is 62.0 Å². The zero-order valence-electron chi connectivity index (χ0n) is 20.4. The fraction of sp³-hybridized carbons (Fsp3) is 0.750. The van der Waals surface area contributed by atoms with Gasteiger partial charge in [0.25, 0.3) is 0 Å². The number of aromatic hydroxyl groups is 1. The van der Waals surface area contributed by atoms with Gasteiger partial charge in [-0.1, -0.05) is 42.6 Å². The van der Waals surface area contributed by atoms with Gasteiger partial charge in [-0.25, -0.2) is 0 Å². The fourth-order valence-electron chi connectivity index (χ4n) is 8.81. The summed E-state index contributed by atoms with van der Waals surface area (Å²) in [4.78, 5) is 4.68. The van der Waals surface area contributed by atoms with Crippen LogP contribution in [0.25, 0.3) is 0 Å². The highest BCUT2D eigenvalue weighted by molar-refractivity contribution is 9.10. The van der Waals surface area contributed by atoms with E-state index in [2.05, 4.69) is 34.8 Å². The van der Waals surface area contributed by atoms with Gasteiger partial charge in [-0.3, -0.25) is 4.99 Å². The van der Waals surface area contributed by atoms with Crippen LogP contribution in [-0.2, 0) is 0 Å². The number of hydrogen-bond acceptors (Lipinski definition) is 4. The summed E-state index contributed by atoms with van der Waals surface area (Å²) in [7, 11) is 1.54. The summed E-state index contributed by atoms with van der Waals surface area (Å²) in [5.74, 6) is 3.64. The van der Waals surface area contributed by atoms with Crippen molar-refractivity contribution in [3.8, 4) is 11.5 Å². The number of halogens is 1. The van der Waals surface area contributed by atoms with Gasteiger partial charge >= 0.3 is 0 Å². The molecular weight excluding hydrogens is 478 g/mol. The number of aliphatic hydroxyl groups is 1. The van der Waals surface area contributed by atoms with E-state index in [-0.39, 0.29) is 11.2 Å². The fourth-order valence-corrected chi connectivity index (χ4v) is 9.26. The normalized spacial score (nSPS) is 42.6. The molecule has 0 bridgehead atoms. The van der Waals surface area contributed by atoms with Crippen LogP contribution < -0.4 is 4.74 Å². The molecule has 4 saturated carbocycles. The summed E-state index contributed by atoms with van der Waals surface area (Å²) in [5.41, 5.74) is 0.297. The molecule has 5 heteroatoms. The van der Waals surface area contributed by atoms with Gasteiger partial charge in [0.15, 0.2) is 11.5 Å². The highest BCUT2D eigenvalue weighted by Gasteiger charge is 2.64. The van der Waals surface area contributed by atoms with Crippen LogP contribution in [0.4, 0.5) is 0 Å². The van der Waals surface area contributed by atoms with Crippen molar-refractivity contribution in [2.24, 2.45) is 39.5 Å². The third-order valence-electron chi connectivity index (χ3n) is 10.8. The van der Waals surface area contributed by atoms with E-state index >= 15 is 0 Å². The third-order valence-corrected chi connectivity index (χ3v) is 11.2. The number of rotatable bonds is 4. The molecule has 7 atom stereocenters. The lowest BCUT2D eigenvalue weighted by molar-refractivity contribution is -0.147. The molecule has 4 nitrogen and oxygen atoms in total. The summed E-state index contributed by atoms with van der Waals surface area (Å²) >= 11 is 3.47. The first-order valence-corrected chi connectivity index (χ1v) is 13.8. The van der Waals surface area contributed by atoms with Gasteiger partial charge in [0.1, 0.15) is 0 Å². The molecule has 2 N–H and O–H groups in total. The maximum atomic E-state index is 11.9. The number of phenols is 1. The molecular formula is C28H40BrNO3. The Balaban J connectivity index is 1.35. The van der Waals surface area contributed by atoms with Crippen molar-refractivity contribution < 1.29 is 14.9 Å². The van der Waals surface area contributed by atoms with Gasteiger partial charge in [-0.2, -0.15) is 0 Å². The van der Waals surface area contributed by atoms with Gasteiger partial charge in [0.2, 0.25) is 0 Å². The molecule has 4 aliphatic carbocycles. The minimum absolute atomic E-state index is 0.0691. The Morgan fingerprint density at radius 2 is 1.85 bits per heavy atom. The number of methoxy groups -OCH3 is 1. The smallest absolute Gasteiger partial charge is 0.166 e. The molecule has 0 aliphatic heterocycles. The zero-order valence-corrected chi connectivity index (χ0v) is 22.0. The van der Waals surface area contributed by atoms with Gasteiger partial charge < -0.3 is 14.9 Å². The predicted molar refractivity (Wildman–Crippen MR) is 136 cm³/mol. The SMILES string of the molecule is COc1cc(Br)cc(C=NC[C@@]2(O)CC[C@H]3[C@@H]4CC[C@H]5CCCC[C@]5(C)[C@H]4CC[C@@]32C)c1O. The average molecular weight is 519 g/mol. The number of nitrogens with zero attached hydrogens (tertiary/aromatic N) is 1. The van der Waals surface area contributed by atoms with Gasteiger partial charge in [0, 0.05) is 21.7 Å². The Bertz CT molecular complexity index is 934. The molecule has 1 aromatic rings. The minimum Gasteiger partial charge on any atom is -0.504 e. The molecule has 182 valence electrons. The van der Waals surface area contributed by atoms with Gasteiger partial charge in [-0.15, -0.1) is 0 Å². The molecule has 0 unspecified atom stereocenters. The first kappa shape index (κ1) is 23.7. The molecule has 0 amide bonds. The number of phenolic OH excluding ortho intramolecular Hbond substituents is 1. The van der Waals surface area contributed by atoms with E-state index in [4.69, 9.17) is 4.74 Å². The van der Waals surface area contributed by atoms with Crippen LogP contribution >= 0.6 is 15.9 Å². The summed E-state index contributed by atoms with van der Waals surface area (Å²) in [6.45, 7) is 5.36. The van der Waals surface area contributed by atoms with E-state index in [9.17, 15) is 10.2 Å². The summed E-state index contributed by atoms with van der Waals surface area (Å²) in [6.07, 6.45) is 14.5. The molecule has 5 rings (SSSR count). The second-order valence-electron chi connectivity index (χ2n) is 11.9. The van der Waals surface area contributed by atoms with E-state index in [1.54, 1.807) is 19.4 Å². The van der Waals surface area contributed by atoms with Crippen molar-refractivity contribution in [3.05, 3.63) is 22.2 Å². The number of aliphatic imine (C=N–C) groups is 1. The highest BCUT2D eigenvalue weighted by atomic mass is 79.9. The van der Waals surface area contributed by atoms with E-state index < -0.39 is 5.60 Å². The second kappa shape index (κ2) is 8.55. The van der Waals surface area contributed by atoms with Crippen LogP contribution in [0.1, 0.15) is 83.6 Å². The van der Waals surface area contributed by atoms with Crippen molar-refractivity contribution >= 4 is 22.1 Å². The van der Waals surface area contributed by atoms with Crippen LogP contribution in [-0.4, -0.2) is 35.7 Å². The van der Waals surface area contributed by atoms with Crippen LogP contribution in [0.5, 0.6) is 11.5 Å². The first-order chi connectivity index (χ1) is 15.7. The molecule has 4 fully saturated rings. The number of hydrogen-bond donors (Lipinski definition) is 2. The van der Waals surface area contributed by atoms with Crippen LogP contribution in [0.2, 0.25) is 0 Å². The van der Waals surface area contributed by atoms with Crippen molar-refractivity contribution in [1.82, 2.24) is 0 Å². The number of fused-ring (bicyclic) bond motifs is 5. The van der Waals surface area contributed by atoms with Crippen LogP contribution in [0.15, 0.2) is 21.6 Å². The maximum Gasteiger partial charge on any atom is 0.166 e. The van der Waals surface area contributed by atoms with Crippen molar-refractivity contribution in [1.29, 1.82) is 0 Å². The van der Waals surface area contributed by atoms with Crippen molar-refractivity contribution in [3.63, 3.8) is 0 Å². The molecule has 0 saturated heterocycles. The lowest BCUT2D eigenvalue weighted by atomic mass is 9.44. The predicted octanol–water partition coefficient (Wildman–Crippen LogP) is 6.75. The third kappa shape index (κ3) is 3.67. The molecule has 33 heavy (non-hydrogen) atoms. The Labute approximate surface area is 207 Å². The van der Waals surface area contributed by atoms with E-state index in [0.717, 1.165) is 41.5 Å². The standard InChI is InChI=1S/C28H40BrNO3/c1-26-11-5-4-6-19(26)7-8-21-22(26)9-12-27(2)23(21)10-13-28(27,32)17-30-16-18-14-20(29)15-24(33-3)25(18)31/h14-16,19,21-23,31-32H,4-13,17H2,1-3H3/t19-,21-,22+,23+,26+,27+,28+/m1/s1. The largest absolute Gasteiger partial charge is 0.504 e. The van der Waals surface area contributed by atoms with Crippen LogP contribution in [0, 0.1) is 34.5 Å². The number of benzene rings is 1. The molecule has 0 aromatic heterocycles. The molecule has 0 heterocycles. The molecule has 4 aliphatic rings. The monoisotopic (exact) mass is 517 g/mol. The van der Waals surface area contributed by atoms with Gasteiger partial charge in [-0.05, 0) is 92.6 Å². The Morgan fingerprint density at radius 1 is 1.06 bits per heavy atom. The lowest BCUT2D eigenvalue weighted by Gasteiger charge is -2.61. The summed E-state index contributed by atoms with van der Waals surface area (Å²) in [5, 5.41) is 22.4. The molecule has 0 spiro atoms. The lowest BCUT2D eigenvalue weighted by Crippen LogP contribution is -2.56. The Hall–Kier alpha value is -1.07. The Kier molecular flexibility index (Phi) is 6.13. The molecule has 1 aromatic carbocycles. The summed E-state index contributed by atoms with van der Waals surface area (Å²) < 4.78 is 6.09.